The maximum Gasteiger partial charge on any atom is 0.274 e. The van der Waals surface area contributed by atoms with Crippen LogP contribution in [0, 0.1) is 17.7 Å². The van der Waals surface area contributed by atoms with Gasteiger partial charge in [0.05, 0.1) is 12.3 Å². The number of hydrogen-bond acceptors (Lipinski definition) is 2. The molecule has 4 heteroatoms. The van der Waals surface area contributed by atoms with Crippen LogP contribution in [0.5, 0.6) is 0 Å². The average Bonchev–Trinajstić information content (AvgIpc) is 3.23. The lowest BCUT2D eigenvalue weighted by atomic mass is 10.1. The fourth-order valence-electron chi connectivity index (χ4n) is 2.99. The zero-order chi connectivity index (χ0) is 19.3. The van der Waals surface area contributed by atoms with E-state index < -0.39 is 5.82 Å². The minimum absolute atomic E-state index is 0.292. The molecular formula is C24H17FN2O. The molecule has 0 aromatic heterocycles. The van der Waals surface area contributed by atoms with Crippen molar-refractivity contribution >= 4 is 11.6 Å². The van der Waals surface area contributed by atoms with Crippen molar-refractivity contribution in [3.05, 3.63) is 107 Å². The van der Waals surface area contributed by atoms with Crippen molar-refractivity contribution in [2.75, 3.05) is 6.54 Å². The van der Waals surface area contributed by atoms with Gasteiger partial charge >= 0.3 is 0 Å². The van der Waals surface area contributed by atoms with Gasteiger partial charge in [0.2, 0.25) is 0 Å². The first kappa shape index (κ1) is 17.7. The van der Waals surface area contributed by atoms with E-state index in [1.165, 1.54) is 23.2 Å². The fraction of sp³-hybridized carbons (Fsp3) is 0.0833. The summed E-state index contributed by atoms with van der Waals surface area (Å²) in [7, 11) is 0. The number of hydrogen-bond donors (Lipinski definition) is 0. The summed E-state index contributed by atoms with van der Waals surface area (Å²) in [5.41, 5.74) is 3.99. The SMILES string of the molecule is O=C(c1cccc(F)c1)N1CCC(c2ccc(C#Cc3ccccc3)cc2)=N1. The Kier molecular flexibility index (Phi) is 4.99. The van der Waals surface area contributed by atoms with Gasteiger partial charge in [-0.2, -0.15) is 5.10 Å². The molecule has 3 aromatic carbocycles. The molecule has 0 saturated heterocycles. The summed E-state index contributed by atoms with van der Waals surface area (Å²) in [6.07, 6.45) is 0.663. The van der Waals surface area contributed by atoms with Crippen LogP contribution < -0.4 is 0 Å². The quantitative estimate of drug-likeness (QED) is 0.614. The molecule has 0 bridgehead atoms. The van der Waals surface area contributed by atoms with Crippen LogP contribution in [0.1, 0.15) is 33.5 Å². The molecule has 136 valence electrons. The van der Waals surface area contributed by atoms with Crippen molar-refractivity contribution in [3.8, 4) is 11.8 Å². The number of halogens is 1. The van der Waals surface area contributed by atoms with Crippen molar-refractivity contribution in [1.82, 2.24) is 5.01 Å². The lowest BCUT2D eigenvalue weighted by molar-refractivity contribution is 0.0778. The Bertz CT molecular complexity index is 1090. The van der Waals surface area contributed by atoms with Gasteiger partial charge in [0.15, 0.2) is 0 Å². The molecular weight excluding hydrogens is 351 g/mol. The molecule has 0 radical (unpaired) electrons. The van der Waals surface area contributed by atoms with E-state index in [2.05, 4.69) is 16.9 Å². The van der Waals surface area contributed by atoms with E-state index in [1.807, 2.05) is 54.6 Å². The number of carbonyl (C=O) groups is 1. The van der Waals surface area contributed by atoms with Gasteiger partial charge in [-0.3, -0.25) is 4.79 Å². The highest BCUT2D eigenvalue weighted by Crippen LogP contribution is 2.17. The third-order valence-electron chi connectivity index (χ3n) is 4.45. The van der Waals surface area contributed by atoms with E-state index >= 15 is 0 Å². The van der Waals surface area contributed by atoms with E-state index in [4.69, 9.17) is 0 Å². The minimum Gasteiger partial charge on any atom is -0.267 e. The van der Waals surface area contributed by atoms with Crippen molar-refractivity contribution < 1.29 is 9.18 Å². The van der Waals surface area contributed by atoms with Gasteiger partial charge in [0, 0.05) is 23.1 Å². The predicted octanol–water partition coefficient (Wildman–Crippen LogP) is 4.48. The van der Waals surface area contributed by atoms with Crippen LogP contribution in [0.25, 0.3) is 0 Å². The third-order valence-corrected chi connectivity index (χ3v) is 4.45. The highest BCUT2D eigenvalue weighted by Gasteiger charge is 2.22. The summed E-state index contributed by atoms with van der Waals surface area (Å²) in [5, 5.41) is 5.83. The van der Waals surface area contributed by atoms with Crippen LogP contribution in [0.15, 0.2) is 84.0 Å². The van der Waals surface area contributed by atoms with Crippen molar-refractivity contribution in [3.63, 3.8) is 0 Å². The molecule has 0 atom stereocenters. The maximum absolute atomic E-state index is 13.3. The number of benzene rings is 3. The second-order valence-electron chi connectivity index (χ2n) is 6.43. The molecule has 3 nitrogen and oxygen atoms in total. The standard InChI is InChI=1S/C24H17FN2O/c25-22-8-4-7-21(17-22)24(28)27-16-15-23(26-27)20-13-11-19(12-14-20)10-9-18-5-2-1-3-6-18/h1-8,11-14,17H,15-16H2. The first-order valence-electron chi connectivity index (χ1n) is 9.01. The average molecular weight is 368 g/mol. The Morgan fingerprint density at radius 1 is 0.893 bits per heavy atom. The van der Waals surface area contributed by atoms with Crippen LogP contribution >= 0.6 is 0 Å². The minimum atomic E-state index is -0.429. The Balaban J connectivity index is 1.48. The highest BCUT2D eigenvalue weighted by atomic mass is 19.1. The van der Waals surface area contributed by atoms with E-state index in [-0.39, 0.29) is 5.91 Å². The summed E-state index contributed by atoms with van der Waals surface area (Å²) >= 11 is 0. The molecule has 0 spiro atoms. The van der Waals surface area contributed by atoms with E-state index in [1.54, 1.807) is 6.07 Å². The topological polar surface area (TPSA) is 32.7 Å². The molecule has 0 fully saturated rings. The smallest absolute Gasteiger partial charge is 0.267 e. The van der Waals surface area contributed by atoms with Crippen molar-refractivity contribution in [2.24, 2.45) is 5.10 Å². The maximum atomic E-state index is 13.3. The molecule has 0 aliphatic carbocycles. The second-order valence-corrected chi connectivity index (χ2v) is 6.43. The summed E-state index contributed by atoms with van der Waals surface area (Å²) in [5.74, 6) is 5.55. The molecule has 1 amide bonds. The van der Waals surface area contributed by atoms with E-state index in [0.717, 1.165) is 22.4 Å². The van der Waals surface area contributed by atoms with Crippen LogP contribution in [-0.2, 0) is 0 Å². The molecule has 0 saturated carbocycles. The van der Waals surface area contributed by atoms with Gasteiger partial charge in [0.1, 0.15) is 5.82 Å². The molecule has 4 rings (SSSR count). The van der Waals surface area contributed by atoms with Gasteiger partial charge in [-0.15, -0.1) is 0 Å². The Labute approximate surface area is 163 Å². The molecule has 0 unspecified atom stereocenters. The lowest BCUT2D eigenvalue weighted by Crippen LogP contribution is -2.23. The van der Waals surface area contributed by atoms with Crippen molar-refractivity contribution in [1.29, 1.82) is 0 Å². The number of amides is 1. The molecule has 28 heavy (non-hydrogen) atoms. The van der Waals surface area contributed by atoms with Gasteiger partial charge < -0.3 is 0 Å². The second kappa shape index (κ2) is 7.89. The Morgan fingerprint density at radius 2 is 1.61 bits per heavy atom. The van der Waals surface area contributed by atoms with E-state index in [0.29, 0.717) is 18.5 Å². The van der Waals surface area contributed by atoms with E-state index in [9.17, 15) is 9.18 Å². The summed E-state index contributed by atoms with van der Waals surface area (Å²) in [4.78, 5) is 12.5. The number of hydrazone groups is 1. The summed E-state index contributed by atoms with van der Waals surface area (Å²) in [6.45, 7) is 0.486. The van der Waals surface area contributed by atoms with Gasteiger partial charge in [-0.25, -0.2) is 9.40 Å². The first-order valence-corrected chi connectivity index (χ1v) is 9.01. The normalized spacial score (nSPS) is 12.9. The van der Waals surface area contributed by atoms with Gasteiger partial charge in [-0.1, -0.05) is 48.2 Å². The largest absolute Gasteiger partial charge is 0.274 e. The summed E-state index contributed by atoms with van der Waals surface area (Å²) < 4.78 is 13.3. The first-order chi connectivity index (χ1) is 13.7. The van der Waals surface area contributed by atoms with Crippen LogP contribution in [0.3, 0.4) is 0 Å². The van der Waals surface area contributed by atoms with Crippen molar-refractivity contribution in [2.45, 2.75) is 6.42 Å². The van der Waals surface area contributed by atoms with Crippen LogP contribution in [0.4, 0.5) is 4.39 Å². The molecule has 1 heterocycles. The third kappa shape index (κ3) is 3.99. The number of nitrogens with zero attached hydrogens (tertiary/aromatic N) is 2. The zero-order valence-corrected chi connectivity index (χ0v) is 15.1. The van der Waals surface area contributed by atoms with Gasteiger partial charge in [0.25, 0.3) is 5.91 Å². The van der Waals surface area contributed by atoms with Crippen LogP contribution in [-0.4, -0.2) is 23.2 Å². The molecule has 3 aromatic rings. The Morgan fingerprint density at radius 3 is 2.32 bits per heavy atom. The predicted molar refractivity (Wildman–Crippen MR) is 107 cm³/mol. The molecule has 0 N–H and O–H groups in total. The number of rotatable bonds is 2. The molecule has 1 aliphatic heterocycles. The zero-order valence-electron chi connectivity index (χ0n) is 15.1. The lowest BCUT2D eigenvalue weighted by Gasteiger charge is -2.11. The Hall–Kier alpha value is -3.71. The van der Waals surface area contributed by atoms with Crippen LogP contribution in [0.2, 0.25) is 0 Å². The van der Waals surface area contributed by atoms with Gasteiger partial charge in [-0.05, 0) is 48.0 Å². The number of carbonyl (C=O) groups excluding carboxylic acids is 1. The summed E-state index contributed by atoms with van der Waals surface area (Å²) in [6, 6.07) is 23.3. The highest BCUT2D eigenvalue weighted by molar-refractivity contribution is 6.04. The fourth-order valence-corrected chi connectivity index (χ4v) is 2.99. The molecule has 1 aliphatic rings. The monoisotopic (exact) mass is 368 g/mol.